The van der Waals surface area contributed by atoms with Crippen molar-refractivity contribution in [3.63, 3.8) is 0 Å². The average Bonchev–Trinajstić information content (AvgIpc) is 2.85. The van der Waals surface area contributed by atoms with Crippen LogP contribution in [0.5, 0.6) is 0 Å². The van der Waals surface area contributed by atoms with Crippen molar-refractivity contribution in [3.8, 4) is 0 Å². The van der Waals surface area contributed by atoms with Gasteiger partial charge in [-0.1, -0.05) is 11.6 Å². The molecule has 7 heteroatoms. The van der Waals surface area contributed by atoms with Gasteiger partial charge in [0.25, 0.3) is 0 Å². The molecule has 1 aliphatic rings. The third-order valence-corrected chi connectivity index (χ3v) is 4.75. The third-order valence-electron chi connectivity index (χ3n) is 3.52. The minimum atomic E-state index is -0.0643. The van der Waals surface area contributed by atoms with E-state index in [9.17, 15) is 0 Å². The molecule has 1 saturated heterocycles. The van der Waals surface area contributed by atoms with Crippen LogP contribution in [0, 0.1) is 0 Å². The Morgan fingerprint density at radius 1 is 1.39 bits per heavy atom. The summed E-state index contributed by atoms with van der Waals surface area (Å²) < 4.78 is 6.90. The van der Waals surface area contributed by atoms with E-state index in [1.165, 1.54) is 4.88 Å². The Morgan fingerprint density at radius 2 is 2.04 bits per heavy atom. The zero-order chi connectivity index (χ0) is 16.2. The summed E-state index contributed by atoms with van der Waals surface area (Å²) in [5.41, 5.74) is -0.0643. The van der Waals surface area contributed by atoms with E-state index < -0.39 is 0 Å². The summed E-state index contributed by atoms with van der Waals surface area (Å²) >= 11 is 7.57. The van der Waals surface area contributed by atoms with Gasteiger partial charge in [-0.15, -0.1) is 35.3 Å². The van der Waals surface area contributed by atoms with E-state index in [2.05, 4.69) is 42.0 Å². The molecule has 0 radical (unpaired) electrons. The van der Waals surface area contributed by atoms with Gasteiger partial charge in [-0.25, -0.2) is 0 Å². The van der Waals surface area contributed by atoms with Crippen LogP contribution in [-0.2, 0) is 11.3 Å². The molecule has 4 nitrogen and oxygen atoms in total. The van der Waals surface area contributed by atoms with Crippen LogP contribution in [0.1, 0.15) is 38.5 Å². The van der Waals surface area contributed by atoms with Gasteiger partial charge in [-0.3, -0.25) is 4.99 Å². The van der Waals surface area contributed by atoms with Crippen LogP contribution in [0.2, 0.25) is 4.34 Å². The van der Waals surface area contributed by atoms with Gasteiger partial charge >= 0.3 is 0 Å². The third kappa shape index (κ3) is 7.15. The number of piperidine rings is 1. The first-order chi connectivity index (χ1) is 10.4. The molecule has 0 saturated carbocycles. The number of halogens is 2. The van der Waals surface area contributed by atoms with Crippen molar-refractivity contribution in [1.29, 1.82) is 0 Å². The van der Waals surface area contributed by atoms with E-state index in [-0.39, 0.29) is 29.6 Å². The summed E-state index contributed by atoms with van der Waals surface area (Å²) in [5.74, 6) is 0.957. The topological polar surface area (TPSA) is 36.9 Å². The number of guanidine groups is 1. The van der Waals surface area contributed by atoms with Crippen molar-refractivity contribution in [1.82, 2.24) is 10.2 Å². The van der Waals surface area contributed by atoms with Crippen LogP contribution in [0.25, 0.3) is 0 Å². The number of nitrogens with one attached hydrogen (secondary N) is 1. The quantitative estimate of drug-likeness (QED) is 0.404. The maximum atomic E-state index is 6.07. The number of hydrogen-bond donors (Lipinski definition) is 1. The lowest BCUT2D eigenvalue weighted by molar-refractivity contribution is -0.0772. The molecule has 0 aromatic carbocycles. The van der Waals surface area contributed by atoms with Crippen molar-refractivity contribution >= 4 is 52.9 Å². The summed E-state index contributed by atoms with van der Waals surface area (Å²) in [6, 6.07) is 3.98. The first kappa shape index (κ1) is 21.0. The van der Waals surface area contributed by atoms with Crippen LogP contribution in [-0.4, -0.2) is 42.7 Å². The molecule has 0 unspecified atom stereocenters. The average molecular weight is 472 g/mol. The highest BCUT2D eigenvalue weighted by Crippen LogP contribution is 2.22. The molecule has 0 atom stereocenters. The Morgan fingerprint density at radius 3 is 2.52 bits per heavy atom. The van der Waals surface area contributed by atoms with Crippen molar-refractivity contribution in [2.75, 3.05) is 20.1 Å². The van der Waals surface area contributed by atoms with Gasteiger partial charge < -0.3 is 15.0 Å². The molecule has 1 N–H and O–H groups in total. The SMILES string of the molecule is CN=C(NCc1ccc(Cl)s1)N1CCC(OC(C)(C)C)CC1.I. The van der Waals surface area contributed by atoms with E-state index >= 15 is 0 Å². The predicted molar refractivity (Wildman–Crippen MR) is 110 cm³/mol. The summed E-state index contributed by atoms with van der Waals surface area (Å²) in [7, 11) is 1.83. The van der Waals surface area contributed by atoms with Crippen molar-refractivity contribution < 1.29 is 4.74 Å². The highest BCUT2D eigenvalue weighted by Gasteiger charge is 2.25. The van der Waals surface area contributed by atoms with Crippen LogP contribution in [0.4, 0.5) is 0 Å². The minimum absolute atomic E-state index is 0. The van der Waals surface area contributed by atoms with Crippen LogP contribution < -0.4 is 5.32 Å². The number of rotatable bonds is 3. The molecule has 0 aliphatic carbocycles. The molecule has 23 heavy (non-hydrogen) atoms. The first-order valence-electron chi connectivity index (χ1n) is 7.75. The summed E-state index contributed by atoms with van der Waals surface area (Å²) in [6.07, 6.45) is 2.44. The van der Waals surface area contributed by atoms with Gasteiger partial charge in [-0.2, -0.15) is 0 Å². The molecule has 1 aliphatic heterocycles. The summed E-state index contributed by atoms with van der Waals surface area (Å²) in [6.45, 7) is 9.07. The number of likely N-dealkylation sites (tertiary alicyclic amines) is 1. The van der Waals surface area contributed by atoms with Crippen LogP contribution in [0.3, 0.4) is 0 Å². The molecule has 1 aromatic heterocycles. The summed E-state index contributed by atoms with van der Waals surface area (Å²) in [4.78, 5) is 7.92. The molecular formula is C16H27ClIN3OS. The lowest BCUT2D eigenvalue weighted by atomic mass is 10.1. The van der Waals surface area contributed by atoms with E-state index in [1.807, 2.05) is 13.1 Å². The maximum Gasteiger partial charge on any atom is 0.193 e. The zero-order valence-electron chi connectivity index (χ0n) is 14.3. The highest BCUT2D eigenvalue weighted by molar-refractivity contribution is 14.0. The largest absolute Gasteiger partial charge is 0.372 e. The van der Waals surface area contributed by atoms with E-state index in [1.54, 1.807) is 11.3 Å². The predicted octanol–water partition coefficient (Wildman–Crippen LogP) is 4.37. The van der Waals surface area contributed by atoms with Crippen molar-refractivity contribution in [2.24, 2.45) is 4.99 Å². The van der Waals surface area contributed by atoms with E-state index in [4.69, 9.17) is 16.3 Å². The number of thiophene rings is 1. The monoisotopic (exact) mass is 471 g/mol. The van der Waals surface area contributed by atoms with E-state index in [0.717, 1.165) is 42.8 Å². The second-order valence-electron chi connectivity index (χ2n) is 6.52. The second kappa shape index (κ2) is 9.44. The van der Waals surface area contributed by atoms with Gasteiger partial charge in [0.1, 0.15) is 0 Å². The Bertz CT molecular complexity index is 508. The first-order valence-corrected chi connectivity index (χ1v) is 8.94. The van der Waals surface area contributed by atoms with Crippen LogP contribution >= 0.6 is 46.9 Å². The molecule has 1 fully saturated rings. The number of nitrogens with zero attached hydrogens (tertiary/aromatic N) is 2. The standard InChI is InChI=1S/C16H26ClN3OS.HI/c1-16(2,3)21-12-7-9-20(10-8-12)15(18-4)19-11-13-5-6-14(17)22-13;/h5-6,12H,7-11H2,1-4H3,(H,18,19);1H. The van der Waals surface area contributed by atoms with Gasteiger partial charge in [0.2, 0.25) is 0 Å². The van der Waals surface area contributed by atoms with Gasteiger partial charge in [-0.05, 0) is 45.7 Å². The number of aliphatic imine (C=N–C) groups is 1. The zero-order valence-corrected chi connectivity index (χ0v) is 18.2. The van der Waals surface area contributed by atoms with Gasteiger partial charge in [0.15, 0.2) is 5.96 Å². The summed E-state index contributed by atoms with van der Waals surface area (Å²) in [5, 5.41) is 3.42. The second-order valence-corrected chi connectivity index (χ2v) is 8.32. The lowest BCUT2D eigenvalue weighted by Gasteiger charge is -2.36. The molecule has 2 heterocycles. The molecule has 1 aromatic rings. The Labute approximate surface area is 165 Å². The van der Waals surface area contributed by atoms with Crippen molar-refractivity contribution in [3.05, 3.63) is 21.3 Å². The van der Waals surface area contributed by atoms with Gasteiger partial charge in [0.05, 0.1) is 22.6 Å². The molecular weight excluding hydrogens is 445 g/mol. The maximum absolute atomic E-state index is 6.07. The molecule has 0 amide bonds. The number of hydrogen-bond acceptors (Lipinski definition) is 3. The molecule has 132 valence electrons. The molecule has 0 spiro atoms. The van der Waals surface area contributed by atoms with E-state index in [0.29, 0.717) is 6.10 Å². The Kier molecular flexibility index (Phi) is 8.61. The smallest absolute Gasteiger partial charge is 0.193 e. The fourth-order valence-corrected chi connectivity index (χ4v) is 3.66. The normalized spacial score (nSPS) is 17.1. The molecule has 2 rings (SSSR count). The Balaban J connectivity index is 0.00000264. The van der Waals surface area contributed by atoms with Crippen molar-refractivity contribution in [2.45, 2.75) is 51.9 Å². The molecule has 0 bridgehead atoms. The number of ether oxygens (including phenoxy) is 1. The highest BCUT2D eigenvalue weighted by atomic mass is 127. The minimum Gasteiger partial charge on any atom is -0.372 e. The fraction of sp³-hybridized carbons (Fsp3) is 0.688. The van der Waals surface area contributed by atoms with Gasteiger partial charge in [0, 0.05) is 25.0 Å². The Hall–Kier alpha value is -0.0500. The fourth-order valence-electron chi connectivity index (χ4n) is 2.63. The lowest BCUT2D eigenvalue weighted by Crippen LogP contribution is -2.47. The van der Waals surface area contributed by atoms with Crippen LogP contribution in [0.15, 0.2) is 17.1 Å².